The predicted molar refractivity (Wildman–Crippen MR) is 70.4 cm³/mol. The molecule has 4 heteroatoms. The molecule has 0 spiro atoms. The highest BCUT2D eigenvalue weighted by Gasteiger charge is 2.21. The van der Waals surface area contributed by atoms with Crippen LogP contribution in [0.1, 0.15) is 29.9 Å². The van der Waals surface area contributed by atoms with E-state index in [0.717, 1.165) is 0 Å². The van der Waals surface area contributed by atoms with Crippen molar-refractivity contribution in [2.45, 2.75) is 19.3 Å². The summed E-state index contributed by atoms with van der Waals surface area (Å²) in [7, 11) is 0. The topological polar surface area (TPSA) is 57.8 Å². The molecule has 1 aromatic carbocycles. The first-order chi connectivity index (χ1) is 8.59. The van der Waals surface area contributed by atoms with Crippen molar-refractivity contribution in [1.82, 2.24) is 15.3 Å². The first-order valence-corrected chi connectivity index (χ1v) is 5.92. The average Bonchev–Trinajstić information content (AvgIpc) is 2.91. The van der Waals surface area contributed by atoms with Crippen LogP contribution < -0.4 is 5.32 Å². The first kappa shape index (κ1) is 12.4. The number of hydrogen-bond acceptors (Lipinski definition) is 2. The van der Waals surface area contributed by atoms with E-state index in [1.807, 2.05) is 18.2 Å². The Bertz CT molecular complexity index is 503. The zero-order valence-electron chi connectivity index (χ0n) is 10.6. The minimum atomic E-state index is -0.128. The number of H-pyrrole nitrogens is 1. The summed E-state index contributed by atoms with van der Waals surface area (Å²) in [4.78, 5) is 18.4. The summed E-state index contributed by atoms with van der Waals surface area (Å²) in [5.74, 6) is -0.128. The molecule has 2 N–H and O–H groups in total. The van der Waals surface area contributed by atoms with E-state index >= 15 is 0 Å². The number of carbonyl (C=O) groups is 1. The molecule has 2 rings (SSSR count). The van der Waals surface area contributed by atoms with Gasteiger partial charge in [0.15, 0.2) is 0 Å². The molecule has 18 heavy (non-hydrogen) atoms. The standard InChI is InChI=1S/C14H17N3O/c1-14(2,11-6-4-3-5-7-11)9-16-13(18)12-8-15-10-17-12/h3-8,10H,9H2,1-2H3,(H,15,17)(H,16,18). The molecule has 0 aliphatic heterocycles. The molecule has 4 nitrogen and oxygen atoms in total. The third-order valence-corrected chi connectivity index (χ3v) is 2.99. The number of hydrogen-bond donors (Lipinski definition) is 2. The second-order valence-corrected chi connectivity index (χ2v) is 4.90. The van der Waals surface area contributed by atoms with Crippen LogP contribution in [0, 0.1) is 0 Å². The fraction of sp³-hybridized carbons (Fsp3) is 0.286. The largest absolute Gasteiger partial charge is 0.350 e. The molecule has 0 aliphatic carbocycles. The number of amides is 1. The third-order valence-electron chi connectivity index (χ3n) is 2.99. The van der Waals surface area contributed by atoms with Gasteiger partial charge < -0.3 is 10.3 Å². The van der Waals surface area contributed by atoms with E-state index in [0.29, 0.717) is 12.2 Å². The van der Waals surface area contributed by atoms with Crippen LogP contribution in [0.15, 0.2) is 42.9 Å². The van der Waals surface area contributed by atoms with E-state index in [4.69, 9.17) is 0 Å². The summed E-state index contributed by atoms with van der Waals surface area (Å²) in [5, 5.41) is 2.91. The number of nitrogens with one attached hydrogen (secondary N) is 2. The molecule has 0 bridgehead atoms. The quantitative estimate of drug-likeness (QED) is 0.864. The summed E-state index contributed by atoms with van der Waals surface area (Å²) >= 11 is 0. The number of rotatable bonds is 4. The third kappa shape index (κ3) is 2.77. The van der Waals surface area contributed by atoms with Crippen molar-refractivity contribution in [1.29, 1.82) is 0 Å². The maximum Gasteiger partial charge on any atom is 0.269 e. The highest BCUT2D eigenvalue weighted by molar-refractivity contribution is 5.92. The highest BCUT2D eigenvalue weighted by atomic mass is 16.1. The molecular formula is C14H17N3O. The van der Waals surface area contributed by atoms with Crippen LogP contribution >= 0.6 is 0 Å². The van der Waals surface area contributed by atoms with Gasteiger partial charge in [-0.1, -0.05) is 44.2 Å². The molecule has 1 amide bonds. The molecule has 0 saturated carbocycles. The van der Waals surface area contributed by atoms with E-state index in [9.17, 15) is 4.79 Å². The maximum absolute atomic E-state index is 11.8. The SMILES string of the molecule is CC(C)(CNC(=O)c1cnc[nH]1)c1ccccc1. The molecular weight excluding hydrogens is 226 g/mol. The number of aromatic nitrogens is 2. The van der Waals surface area contributed by atoms with Crippen LogP contribution in [-0.2, 0) is 5.41 Å². The van der Waals surface area contributed by atoms with Gasteiger partial charge in [-0.2, -0.15) is 0 Å². The fourth-order valence-electron chi connectivity index (χ4n) is 1.77. The van der Waals surface area contributed by atoms with E-state index in [-0.39, 0.29) is 11.3 Å². The maximum atomic E-state index is 11.8. The molecule has 1 aromatic heterocycles. The van der Waals surface area contributed by atoms with Crippen LogP contribution in [0.3, 0.4) is 0 Å². The number of aromatic amines is 1. The lowest BCUT2D eigenvalue weighted by molar-refractivity contribution is 0.0941. The second kappa shape index (κ2) is 5.04. The van der Waals surface area contributed by atoms with Crippen molar-refractivity contribution in [2.75, 3.05) is 6.54 Å². The first-order valence-electron chi connectivity index (χ1n) is 5.92. The van der Waals surface area contributed by atoms with Crippen LogP contribution in [0.4, 0.5) is 0 Å². The Kier molecular flexibility index (Phi) is 3.46. The van der Waals surface area contributed by atoms with Crippen LogP contribution in [0.5, 0.6) is 0 Å². The summed E-state index contributed by atoms with van der Waals surface area (Å²) in [6, 6.07) is 10.1. The number of carbonyl (C=O) groups excluding carboxylic acids is 1. The lowest BCUT2D eigenvalue weighted by atomic mass is 9.84. The van der Waals surface area contributed by atoms with Crippen molar-refractivity contribution in [3.05, 3.63) is 54.1 Å². The van der Waals surface area contributed by atoms with Crippen molar-refractivity contribution < 1.29 is 4.79 Å². The number of imidazole rings is 1. The predicted octanol–water partition coefficient (Wildman–Crippen LogP) is 2.12. The van der Waals surface area contributed by atoms with Crippen LogP contribution in [-0.4, -0.2) is 22.4 Å². The Labute approximate surface area is 106 Å². The Hall–Kier alpha value is -2.10. The molecule has 0 radical (unpaired) electrons. The van der Waals surface area contributed by atoms with Gasteiger partial charge in [-0.25, -0.2) is 4.98 Å². The van der Waals surface area contributed by atoms with Crippen molar-refractivity contribution >= 4 is 5.91 Å². The minimum Gasteiger partial charge on any atom is -0.350 e. The Balaban J connectivity index is 1.99. The van der Waals surface area contributed by atoms with Gasteiger partial charge in [-0.05, 0) is 5.56 Å². The van der Waals surface area contributed by atoms with Gasteiger partial charge in [0.1, 0.15) is 5.69 Å². The van der Waals surface area contributed by atoms with Crippen LogP contribution in [0.25, 0.3) is 0 Å². The van der Waals surface area contributed by atoms with E-state index in [2.05, 4.69) is 41.3 Å². The normalized spacial score (nSPS) is 11.2. The van der Waals surface area contributed by atoms with Gasteiger partial charge in [0, 0.05) is 12.0 Å². The molecule has 0 aliphatic rings. The Morgan fingerprint density at radius 1 is 1.33 bits per heavy atom. The summed E-state index contributed by atoms with van der Waals surface area (Å²) in [5.41, 5.74) is 1.59. The fourth-order valence-corrected chi connectivity index (χ4v) is 1.77. The van der Waals surface area contributed by atoms with E-state index < -0.39 is 0 Å². The lowest BCUT2D eigenvalue weighted by Crippen LogP contribution is -2.36. The van der Waals surface area contributed by atoms with Crippen molar-refractivity contribution in [2.24, 2.45) is 0 Å². The van der Waals surface area contributed by atoms with Crippen molar-refractivity contribution in [3.8, 4) is 0 Å². The smallest absolute Gasteiger partial charge is 0.269 e. The van der Waals surface area contributed by atoms with Gasteiger partial charge >= 0.3 is 0 Å². The second-order valence-electron chi connectivity index (χ2n) is 4.90. The number of nitrogens with zero attached hydrogens (tertiary/aromatic N) is 1. The Morgan fingerprint density at radius 2 is 2.06 bits per heavy atom. The van der Waals surface area contributed by atoms with E-state index in [1.165, 1.54) is 18.1 Å². The number of benzene rings is 1. The summed E-state index contributed by atoms with van der Waals surface area (Å²) in [6.45, 7) is 4.79. The molecule has 94 valence electrons. The van der Waals surface area contributed by atoms with Crippen LogP contribution in [0.2, 0.25) is 0 Å². The highest BCUT2D eigenvalue weighted by Crippen LogP contribution is 2.21. The molecule has 0 unspecified atom stereocenters. The van der Waals surface area contributed by atoms with Gasteiger partial charge in [-0.3, -0.25) is 4.79 Å². The van der Waals surface area contributed by atoms with Gasteiger partial charge in [-0.15, -0.1) is 0 Å². The molecule has 1 heterocycles. The average molecular weight is 243 g/mol. The molecule has 0 atom stereocenters. The Morgan fingerprint density at radius 3 is 2.67 bits per heavy atom. The molecule has 2 aromatic rings. The van der Waals surface area contributed by atoms with Gasteiger partial charge in [0.05, 0.1) is 12.5 Å². The van der Waals surface area contributed by atoms with E-state index in [1.54, 1.807) is 0 Å². The summed E-state index contributed by atoms with van der Waals surface area (Å²) in [6.07, 6.45) is 3.02. The van der Waals surface area contributed by atoms with Crippen molar-refractivity contribution in [3.63, 3.8) is 0 Å². The van der Waals surface area contributed by atoms with Gasteiger partial charge in [0.25, 0.3) is 5.91 Å². The molecule has 0 saturated heterocycles. The minimum absolute atomic E-state index is 0.100. The summed E-state index contributed by atoms with van der Waals surface area (Å²) < 4.78 is 0. The monoisotopic (exact) mass is 243 g/mol. The zero-order chi connectivity index (χ0) is 13.0. The van der Waals surface area contributed by atoms with Gasteiger partial charge in [0.2, 0.25) is 0 Å². The zero-order valence-corrected chi connectivity index (χ0v) is 10.6. The molecule has 0 fully saturated rings. The lowest BCUT2D eigenvalue weighted by Gasteiger charge is -2.25.